The minimum Gasteiger partial charge on any atom is -0.398 e. The number of benzene rings is 4. The molecule has 3 aromatic heterocycles. The van der Waals surface area contributed by atoms with E-state index in [1.165, 1.54) is 0 Å². The number of rotatable bonds is 4. The summed E-state index contributed by atoms with van der Waals surface area (Å²) in [7, 11) is 0. The van der Waals surface area contributed by atoms with Crippen LogP contribution in [0.2, 0.25) is 0 Å². The van der Waals surface area contributed by atoms with E-state index in [-0.39, 0.29) is 16.8 Å². The molecule has 7 aromatic rings. The molecule has 0 atom stereocenters. The third kappa shape index (κ3) is 5.74. The van der Waals surface area contributed by atoms with Gasteiger partial charge in [0.2, 0.25) is 0 Å². The fourth-order valence-electron chi connectivity index (χ4n) is 7.24. The summed E-state index contributed by atoms with van der Waals surface area (Å²) in [6, 6.07) is 39.6. The summed E-state index contributed by atoms with van der Waals surface area (Å²) in [6.07, 6.45) is 8.13. The first kappa shape index (κ1) is 33.3. The van der Waals surface area contributed by atoms with Crippen LogP contribution in [-0.2, 0) is 16.8 Å². The van der Waals surface area contributed by atoms with Crippen molar-refractivity contribution in [3.05, 3.63) is 144 Å². The Labute approximate surface area is 316 Å². The van der Waals surface area contributed by atoms with Crippen LogP contribution in [-0.4, -0.2) is 19.9 Å². The minimum absolute atomic E-state index is 0. The number of hydrogen-bond donors (Lipinski definition) is 6. The van der Waals surface area contributed by atoms with Gasteiger partial charge in [-0.3, -0.25) is 0 Å². The van der Waals surface area contributed by atoms with Crippen molar-refractivity contribution in [3.8, 4) is 44.5 Å². The zero-order chi connectivity index (χ0) is 35.3. The number of aromatic amines is 2. The van der Waals surface area contributed by atoms with Crippen molar-refractivity contribution in [2.24, 2.45) is 0 Å². The molecule has 9 rings (SSSR count). The number of aromatic nitrogens is 4. The SMILES string of the molecule is Nc1ccccc1-c1c2nc(c(-c3ccccc3N)c3ccc([nH]3)c(-c3ccccc3N)c3nc(c(-c4ccccc4N)c4ccc1[nH]4)C=C3)C=C2.[Co]. The average molecular weight is 734 g/mol. The van der Waals surface area contributed by atoms with Crippen LogP contribution < -0.4 is 22.9 Å². The Balaban J connectivity index is 0.00000400. The van der Waals surface area contributed by atoms with E-state index in [1.54, 1.807) is 0 Å². The van der Waals surface area contributed by atoms with Crippen LogP contribution in [0, 0.1) is 0 Å². The predicted molar refractivity (Wildman–Crippen MR) is 218 cm³/mol. The number of nitrogens with one attached hydrogen (secondary N) is 2. The molecule has 0 saturated carbocycles. The molecule has 4 aromatic carbocycles. The average Bonchev–Trinajstić information content (AvgIpc) is 3.99. The van der Waals surface area contributed by atoms with Crippen molar-refractivity contribution in [2.75, 3.05) is 22.9 Å². The second-order valence-corrected chi connectivity index (χ2v) is 12.9. The normalized spacial score (nSPS) is 11.8. The first-order chi connectivity index (χ1) is 25.4. The summed E-state index contributed by atoms with van der Waals surface area (Å²) in [5.74, 6) is 0. The van der Waals surface area contributed by atoms with E-state index in [1.807, 2.05) is 121 Å². The van der Waals surface area contributed by atoms with Gasteiger partial charge in [-0.1, -0.05) is 72.8 Å². The van der Waals surface area contributed by atoms with Gasteiger partial charge in [-0.25, -0.2) is 9.97 Å². The zero-order valence-electron chi connectivity index (χ0n) is 28.4. The Morgan fingerprint density at radius 3 is 0.774 bits per heavy atom. The maximum absolute atomic E-state index is 6.67. The molecule has 9 heteroatoms. The number of nitrogens with zero attached hydrogens (tertiary/aromatic N) is 2. The van der Waals surface area contributed by atoms with E-state index < -0.39 is 0 Å². The monoisotopic (exact) mass is 733 g/mol. The number of nitrogens with two attached hydrogens (primary N) is 4. The van der Waals surface area contributed by atoms with Crippen molar-refractivity contribution in [3.63, 3.8) is 0 Å². The molecule has 0 unspecified atom stereocenters. The fourth-order valence-corrected chi connectivity index (χ4v) is 7.24. The quantitative estimate of drug-likeness (QED) is 0.0988. The van der Waals surface area contributed by atoms with Gasteiger partial charge in [-0.15, -0.1) is 0 Å². The molecule has 0 aliphatic carbocycles. The molecule has 0 saturated heterocycles. The van der Waals surface area contributed by atoms with Crippen LogP contribution in [0.5, 0.6) is 0 Å². The molecule has 2 aliphatic rings. The maximum Gasteiger partial charge on any atom is 0.0738 e. The van der Waals surface area contributed by atoms with Crippen LogP contribution in [0.15, 0.2) is 121 Å². The number of para-hydroxylation sites is 4. The molecule has 0 spiro atoms. The first-order valence-electron chi connectivity index (χ1n) is 17.0. The fraction of sp³-hybridized carbons (Fsp3) is 0. The Morgan fingerprint density at radius 2 is 0.547 bits per heavy atom. The van der Waals surface area contributed by atoms with E-state index in [9.17, 15) is 0 Å². The molecule has 1 radical (unpaired) electrons. The third-order valence-electron chi connectivity index (χ3n) is 9.67. The molecule has 0 fully saturated rings. The van der Waals surface area contributed by atoms with E-state index in [4.69, 9.17) is 32.9 Å². The summed E-state index contributed by atoms with van der Waals surface area (Å²) < 4.78 is 0. The van der Waals surface area contributed by atoms with Crippen molar-refractivity contribution in [1.29, 1.82) is 0 Å². The Bertz CT molecular complexity index is 2440. The minimum atomic E-state index is 0. The van der Waals surface area contributed by atoms with E-state index in [0.717, 1.165) is 89.4 Å². The number of hydrogen-bond acceptors (Lipinski definition) is 6. The molecule has 8 bridgehead atoms. The zero-order valence-corrected chi connectivity index (χ0v) is 29.4. The first-order valence-corrected chi connectivity index (χ1v) is 17.0. The Hall–Kier alpha value is -6.81. The largest absolute Gasteiger partial charge is 0.398 e. The Morgan fingerprint density at radius 1 is 0.321 bits per heavy atom. The van der Waals surface area contributed by atoms with Crippen LogP contribution in [0.3, 0.4) is 0 Å². The maximum atomic E-state index is 6.67. The van der Waals surface area contributed by atoms with Crippen LogP contribution in [0.4, 0.5) is 22.7 Å². The third-order valence-corrected chi connectivity index (χ3v) is 9.67. The summed E-state index contributed by atoms with van der Waals surface area (Å²) in [6.45, 7) is 0. The summed E-state index contributed by atoms with van der Waals surface area (Å²) >= 11 is 0. The molecular formula is C44H34CoN8. The van der Waals surface area contributed by atoms with Gasteiger partial charge in [-0.05, 0) is 72.8 Å². The second-order valence-electron chi connectivity index (χ2n) is 12.9. The standard InChI is InChI=1S/C44H34N8.Co/c45-29-13-5-1-9-25(29)41-33-17-19-35(49-33)42(26-10-2-6-14-30(26)46)37-21-23-39(51-37)44(28-12-4-8-16-32(28)48)40-24-22-38(52-40)43(36-20-18-34(41)50-36)27-11-3-7-15-31(27)47;/h1-24,49,52H,45-48H2;. The van der Waals surface area contributed by atoms with Gasteiger partial charge >= 0.3 is 0 Å². The van der Waals surface area contributed by atoms with Gasteiger partial charge in [0.25, 0.3) is 0 Å². The van der Waals surface area contributed by atoms with Gasteiger partial charge in [0.05, 0.1) is 22.8 Å². The van der Waals surface area contributed by atoms with Crippen LogP contribution in [0.1, 0.15) is 22.8 Å². The summed E-state index contributed by atoms with van der Waals surface area (Å²) in [5, 5.41) is 0. The van der Waals surface area contributed by atoms with Crippen LogP contribution >= 0.6 is 0 Å². The van der Waals surface area contributed by atoms with E-state index in [0.29, 0.717) is 22.7 Å². The van der Waals surface area contributed by atoms with Gasteiger partial charge < -0.3 is 32.9 Å². The molecule has 0 amide bonds. The van der Waals surface area contributed by atoms with E-state index in [2.05, 4.69) is 34.2 Å². The van der Waals surface area contributed by atoms with Crippen LogP contribution in [0.25, 0.3) is 90.9 Å². The van der Waals surface area contributed by atoms with Gasteiger partial charge in [0.15, 0.2) is 0 Å². The molecule has 259 valence electrons. The van der Waals surface area contributed by atoms with Gasteiger partial charge in [0.1, 0.15) is 0 Å². The number of H-pyrrole nitrogens is 2. The van der Waals surface area contributed by atoms with Crippen molar-refractivity contribution in [2.45, 2.75) is 0 Å². The van der Waals surface area contributed by atoms with Crippen molar-refractivity contribution < 1.29 is 16.8 Å². The molecule has 10 N–H and O–H groups in total. The number of fused-ring (bicyclic) bond motifs is 8. The van der Waals surface area contributed by atoms with Crippen molar-refractivity contribution >= 4 is 69.1 Å². The number of nitrogen functional groups attached to an aromatic ring is 4. The van der Waals surface area contributed by atoms with Gasteiger partial charge in [-0.2, -0.15) is 0 Å². The molecule has 5 heterocycles. The predicted octanol–water partition coefficient (Wildman–Crippen LogP) is 9.65. The molecular weight excluding hydrogens is 699 g/mol. The Kier molecular flexibility index (Phi) is 8.42. The van der Waals surface area contributed by atoms with Crippen molar-refractivity contribution in [1.82, 2.24) is 19.9 Å². The summed E-state index contributed by atoms with van der Waals surface area (Å²) in [5.41, 5.74) is 42.5. The second kappa shape index (κ2) is 13.4. The molecule has 2 aliphatic heterocycles. The van der Waals surface area contributed by atoms with E-state index >= 15 is 0 Å². The smallest absolute Gasteiger partial charge is 0.0738 e. The molecule has 53 heavy (non-hydrogen) atoms. The number of anilines is 4. The topological polar surface area (TPSA) is 161 Å². The summed E-state index contributed by atoms with van der Waals surface area (Å²) in [4.78, 5) is 18.1. The van der Waals surface area contributed by atoms with Gasteiger partial charge in [0, 0.05) is 106 Å². The molecule has 8 nitrogen and oxygen atoms in total.